The molecule has 6 heteroatoms. The largest absolute Gasteiger partial charge is 0.394 e. The van der Waals surface area contributed by atoms with Crippen molar-refractivity contribution in [2.45, 2.75) is 23.8 Å². The molecule has 1 saturated heterocycles. The fourth-order valence-electron chi connectivity index (χ4n) is 1.19. The standard InChI is InChI=1S/C6H13BO5/c7-6(11)2-12-3(1-8)4(9)5(6)10/h3-5,8-11H,1-2,7H2/t3-,4-,5+,6+/m1/s1. The fourth-order valence-corrected chi connectivity index (χ4v) is 1.19. The lowest BCUT2D eigenvalue weighted by molar-refractivity contribution is -0.210. The Hall–Kier alpha value is -0.135. The van der Waals surface area contributed by atoms with Crippen LogP contribution in [0.5, 0.6) is 0 Å². The minimum Gasteiger partial charge on any atom is -0.394 e. The van der Waals surface area contributed by atoms with Gasteiger partial charge in [0.15, 0.2) is 0 Å². The molecule has 4 N–H and O–H groups in total. The molecule has 12 heavy (non-hydrogen) atoms. The number of ether oxygens (including phenoxy) is 1. The first-order chi connectivity index (χ1) is 5.49. The molecule has 0 amide bonds. The molecule has 0 radical (unpaired) electrons. The van der Waals surface area contributed by atoms with E-state index in [1.807, 2.05) is 0 Å². The third kappa shape index (κ3) is 1.62. The topological polar surface area (TPSA) is 90.2 Å². The van der Waals surface area contributed by atoms with Crippen LogP contribution >= 0.6 is 0 Å². The van der Waals surface area contributed by atoms with Crippen LogP contribution in [0.15, 0.2) is 0 Å². The zero-order chi connectivity index (χ0) is 9.35. The maximum atomic E-state index is 9.41. The molecular formula is C6H13BO5. The summed E-state index contributed by atoms with van der Waals surface area (Å²) in [7, 11) is 1.37. The first-order valence-corrected chi connectivity index (χ1v) is 3.80. The Morgan fingerprint density at radius 2 is 2.08 bits per heavy atom. The Morgan fingerprint density at radius 1 is 1.50 bits per heavy atom. The highest BCUT2D eigenvalue weighted by Gasteiger charge is 2.44. The van der Waals surface area contributed by atoms with Crippen molar-refractivity contribution in [3.05, 3.63) is 0 Å². The van der Waals surface area contributed by atoms with Gasteiger partial charge in [-0.2, -0.15) is 0 Å². The first kappa shape index (κ1) is 9.95. The third-order valence-corrected chi connectivity index (χ3v) is 2.11. The summed E-state index contributed by atoms with van der Waals surface area (Å²) in [6.07, 6.45) is -3.32. The van der Waals surface area contributed by atoms with Crippen LogP contribution in [0.2, 0.25) is 0 Å². The molecule has 1 aliphatic heterocycles. The van der Waals surface area contributed by atoms with Crippen molar-refractivity contribution in [3.8, 4) is 0 Å². The molecule has 4 atom stereocenters. The minimum atomic E-state index is -1.44. The van der Waals surface area contributed by atoms with E-state index < -0.39 is 23.8 Å². The molecule has 0 aromatic carbocycles. The predicted octanol–water partition coefficient (Wildman–Crippen LogP) is -3.58. The average Bonchev–Trinajstić information content (AvgIpc) is 2.01. The van der Waals surface area contributed by atoms with E-state index in [0.29, 0.717) is 0 Å². The summed E-state index contributed by atoms with van der Waals surface area (Å²) in [4.78, 5) is 0. The van der Waals surface area contributed by atoms with Gasteiger partial charge in [0.1, 0.15) is 26.2 Å². The number of hydrogen-bond donors (Lipinski definition) is 4. The lowest BCUT2D eigenvalue weighted by Crippen LogP contribution is -2.62. The lowest BCUT2D eigenvalue weighted by atomic mass is 9.73. The smallest absolute Gasteiger partial charge is 0.149 e. The second kappa shape index (κ2) is 3.31. The predicted molar refractivity (Wildman–Crippen MR) is 42.3 cm³/mol. The summed E-state index contributed by atoms with van der Waals surface area (Å²) >= 11 is 0. The van der Waals surface area contributed by atoms with Crippen molar-refractivity contribution in [1.29, 1.82) is 0 Å². The molecule has 0 saturated carbocycles. The van der Waals surface area contributed by atoms with Crippen LogP contribution in [0.1, 0.15) is 0 Å². The van der Waals surface area contributed by atoms with E-state index in [1.165, 1.54) is 7.85 Å². The lowest BCUT2D eigenvalue weighted by Gasteiger charge is -2.41. The summed E-state index contributed by atoms with van der Waals surface area (Å²) < 4.78 is 4.92. The molecule has 0 aliphatic carbocycles. The molecule has 5 nitrogen and oxygen atoms in total. The molecule has 1 aliphatic rings. The Labute approximate surface area is 71.0 Å². The molecule has 0 aromatic rings. The molecule has 0 aromatic heterocycles. The van der Waals surface area contributed by atoms with Crippen LogP contribution in [0.25, 0.3) is 0 Å². The molecule has 1 rings (SSSR count). The molecule has 0 unspecified atom stereocenters. The van der Waals surface area contributed by atoms with Gasteiger partial charge in [-0.25, -0.2) is 0 Å². The van der Waals surface area contributed by atoms with E-state index in [2.05, 4.69) is 0 Å². The van der Waals surface area contributed by atoms with Gasteiger partial charge in [0, 0.05) is 0 Å². The van der Waals surface area contributed by atoms with Crippen LogP contribution in [0.4, 0.5) is 0 Å². The summed E-state index contributed by atoms with van der Waals surface area (Å²) in [5, 5.41) is 36.7. The van der Waals surface area contributed by atoms with Crippen molar-refractivity contribution in [2.75, 3.05) is 13.2 Å². The highest BCUT2D eigenvalue weighted by molar-refractivity contribution is 6.15. The Balaban J connectivity index is 2.65. The van der Waals surface area contributed by atoms with E-state index in [9.17, 15) is 15.3 Å². The number of aliphatic hydroxyl groups excluding tert-OH is 3. The van der Waals surface area contributed by atoms with Gasteiger partial charge in [-0.3, -0.25) is 0 Å². The summed E-state index contributed by atoms with van der Waals surface area (Å²) in [6, 6.07) is 0. The van der Waals surface area contributed by atoms with Crippen LogP contribution in [0.3, 0.4) is 0 Å². The van der Waals surface area contributed by atoms with E-state index in [1.54, 1.807) is 0 Å². The average molecular weight is 176 g/mol. The van der Waals surface area contributed by atoms with Crippen molar-refractivity contribution in [1.82, 2.24) is 0 Å². The van der Waals surface area contributed by atoms with Crippen molar-refractivity contribution in [3.63, 3.8) is 0 Å². The van der Waals surface area contributed by atoms with Gasteiger partial charge < -0.3 is 25.2 Å². The summed E-state index contributed by atoms with van der Waals surface area (Å²) in [5.41, 5.74) is -1.44. The molecule has 0 spiro atoms. The van der Waals surface area contributed by atoms with Crippen molar-refractivity contribution >= 4 is 7.85 Å². The molecule has 1 heterocycles. The summed E-state index contributed by atoms with van der Waals surface area (Å²) in [5.74, 6) is 0. The first-order valence-electron chi connectivity index (χ1n) is 3.80. The van der Waals surface area contributed by atoms with E-state index >= 15 is 0 Å². The second-order valence-electron chi connectivity index (χ2n) is 3.32. The zero-order valence-corrected chi connectivity index (χ0v) is 6.84. The zero-order valence-electron chi connectivity index (χ0n) is 6.84. The van der Waals surface area contributed by atoms with Crippen LogP contribution in [0, 0.1) is 0 Å². The minimum absolute atomic E-state index is 0.0869. The highest BCUT2D eigenvalue weighted by atomic mass is 16.5. The maximum Gasteiger partial charge on any atom is 0.149 e. The van der Waals surface area contributed by atoms with Gasteiger partial charge in [-0.15, -0.1) is 0 Å². The van der Waals surface area contributed by atoms with Crippen LogP contribution in [-0.4, -0.2) is 65.3 Å². The van der Waals surface area contributed by atoms with Gasteiger partial charge in [-0.05, 0) is 0 Å². The monoisotopic (exact) mass is 176 g/mol. The normalized spacial score (nSPS) is 49.2. The van der Waals surface area contributed by atoms with Crippen LogP contribution in [-0.2, 0) is 4.74 Å². The SMILES string of the molecule is B[C@]1(O)CO[C@H](CO)[C@@H](O)[C@@H]1O. The Kier molecular flexibility index (Phi) is 2.75. The van der Waals surface area contributed by atoms with Gasteiger partial charge in [0.05, 0.1) is 18.7 Å². The maximum absolute atomic E-state index is 9.41. The molecule has 70 valence electrons. The van der Waals surface area contributed by atoms with E-state index in [4.69, 9.17) is 9.84 Å². The van der Waals surface area contributed by atoms with Gasteiger partial charge in [-0.1, -0.05) is 0 Å². The number of rotatable bonds is 1. The number of aliphatic hydroxyl groups is 4. The molecule has 0 bridgehead atoms. The van der Waals surface area contributed by atoms with Crippen molar-refractivity contribution in [2.24, 2.45) is 0 Å². The molecular weight excluding hydrogens is 163 g/mol. The van der Waals surface area contributed by atoms with E-state index in [-0.39, 0.29) is 13.2 Å². The third-order valence-electron chi connectivity index (χ3n) is 2.11. The summed E-state index contributed by atoms with van der Waals surface area (Å²) in [6.45, 7) is -0.454. The Bertz CT molecular complexity index is 162. The van der Waals surface area contributed by atoms with Crippen molar-refractivity contribution < 1.29 is 25.2 Å². The number of hydrogen-bond acceptors (Lipinski definition) is 5. The fraction of sp³-hybridized carbons (Fsp3) is 1.00. The highest BCUT2D eigenvalue weighted by Crippen LogP contribution is 2.21. The quantitative estimate of drug-likeness (QED) is 0.310. The van der Waals surface area contributed by atoms with Gasteiger partial charge >= 0.3 is 0 Å². The second-order valence-corrected chi connectivity index (χ2v) is 3.32. The molecule has 1 fully saturated rings. The van der Waals surface area contributed by atoms with Crippen LogP contribution < -0.4 is 0 Å². The Morgan fingerprint density at radius 3 is 2.58 bits per heavy atom. The van der Waals surface area contributed by atoms with Gasteiger partial charge in [0.25, 0.3) is 0 Å². The van der Waals surface area contributed by atoms with E-state index in [0.717, 1.165) is 0 Å². The van der Waals surface area contributed by atoms with Gasteiger partial charge in [0.2, 0.25) is 0 Å².